The monoisotopic (exact) mass is 370 g/mol. The maximum atomic E-state index is 12.0. The third-order valence-electron chi connectivity index (χ3n) is 3.30. The summed E-state index contributed by atoms with van der Waals surface area (Å²) in [6.45, 7) is 4.04. The summed E-state index contributed by atoms with van der Waals surface area (Å²) in [5.74, 6) is 0.242. The lowest BCUT2D eigenvalue weighted by atomic mass is 10.2. The molecule has 0 saturated heterocycles. The van der Waals surface area contributed by atoms with E-state index in [9.17, 15) is 4.79 Å². The van der Waals surface area contributed by atoms with Gasteiger partial charge >= 0.3 is 0 Å². The summed E-state index contributed by atoms with van der Waals surface area (Å²) < 4.78 is 0.759. The van der Waals surface area contributed by atoms with Crippen LogP contribution in [0.4, 0.5) is 16.5 Å². The normalized spacial score (nSPS) is 10.5. The number of anilines is 3. The maximum absolute atomic E-state index is 12.0. The molecular formula is C18H18N4OS2. The number of aryl methyl sites for hydroxylation is 2. The van der Waals surface area contributed by atoms with Gasteiger partial charge in [0.15, 0.2) is 4.34 Å². The Morgan fingerprint density at radius 2 is 1.72 bits per heavy atom. The van der Waals surface area contributed by atoms with E-state index in [1.54, 1.807) is 0 Å². The molecule has 3 rings (SSSR count). The van der Waals surface area contributed by atoms with Crippen LogP contribution in [0.5, 0.6) is 0 Å². The zero-order valence-corrected chi connectivity index (χ0v) is 15.6. The van der Waals surface area contributed by atoms with E-state index in [0.29, 0.717) is 10.9 Å². The minimum Gasteiger partial charge on any atom is -0.330 e. The summed E-state index contributed by atoms with van der Waals surface area (Å²) in [5, 5.41) is 15.1. The van der Waals surface area contributed by atoms with Gasteiger partial charge in [-0.15, -0.1) is 10.2 Å². The molecule has 25 heavy (non-hydrogen) atoms. The van der Waals surface area contributed by atoms with E-state index in [4.69, 9.17) is 0 Å². The fourth-order valence-electron chi connectivity index (χ4n) is 2.21. The second kappa shape index (κ2) is 8.13. The van der Waals surface area contributed by atoms with Gasteiger partial charge in [-0.3, -0.25) is 4.79 Å². The van der Waals surface area contributed by atoms with Crippen molar-refractivity contribution >= 4 is 45.5 Å². The van der Waals surface area contributed by atoms with E-state index < -0.39 is 0 Å². The standard InChI is InChI=1S/C18H18N4OS2/c1-12-5-3-7-14(9-12)19-16(23)11-24-18-22-21-17(25-18)20-15-8-4-6-13(2)10-15/h3-10H,11H2,1-2H3,(H,19,23)(H,20,21). The molecule has 128 valence electrons. The molecule has 3 aromatic rings. The topological polar surface area (TPSA) is 66.9 Å². The van der Waals surface area contributed by atoms with Crippen LogP contribution >= 0.6 is 23.1 Å². The number of benzene rings is 2. The highest BCUT2D eigenvalue weighted by atomic mass is 32.2. The van der Waals surface area contributed by atoms with Gasteiger partial charge in [0.2, 0.25) is 11.0 Å². The molecule has 0 saturated carbocycles. The van der Waals surface area contributed by atoms with Crippen LogP contribution in [-0.2, 0) is 4.79 Å². The van der Waals surface area contributed by atoms with Crippen molar-refractivity contribution in [2.24, 2.45) is 0 Å². The first kappa shape index (κ1) is 17.4. The fourth-order valence-corrected chi connectivity index (χ4v) is 3.78. The number of hydrogen-bond donors (Lipinski definition) is 2. The lowest BCUT2D eigenvalue weighted by molar-refractivity contribution is -0.113. The number of nitrogens with one attached hydrogen (secondary N) is 2. The molecule has 0 aliphatic heterocycles. The SMILES string of the molecule is Cc1cccc(NC(=O)CSc2nnc(Nc3cccc(C)c3)s2)c1. The Balaban J connectivity index is 1.52. The molecule has 0 atom stereocenters. The minimum absolute atomic E-state index is 0.0565. The first-order valence-electron chi connectivity index (χ1n) is 7.75. The average molecular weight is 371 g/mol. The number of aromatic nitrogens is 2. The quantitative estimate of drug-likeness (QED) is 0.619. The average Bonchev–Trinajstić information content (AvgIpc) is 3.00. The number of carbonyl (C=O) groups is 1. The van der Waals surface area contributed by atoms with Crippen molar-refractivity contribution in [1.82, 2.24) is 10.2 Å². The molecule has 2 aromatic carbocycles. The third-order valence-corrected chi connectivity index (χ3v) is 5.28. The lowest BCUT2D eigenvalue weighted by Gasteiger charge is -2.04. The van der Waals surface area contributed by atoms with Crippen LogP contribution in [-0.4, -0.2) is 21.9 Å². The second-order valence-electron chi connectivity index (χ2n) is 5.57. The van der Waals surface area contributed by atoms with Crippen molar-refractivity contribution in [3.63, 3.8) is 0 Å². The Bertz CT molecular complexity index is 879. The molecule has 0 fully saturated rings. The Morgan fingerprint density at radius 3 is 2.44 bits per heavy atom. The van der Waals surface area contributed by atoms with E-state index in [1.165, 1.54) is 28.7 Å². The van der Waals surface area contributed by atoms with Crippen molar-refractivity contribution in [2.45, 2.75) is 18.2 Å². The summed E-state index contributed by atoms with van der Waals surface area (Å²) >= 11 is 2.81. The van der Waals surface area contributed by atoms with Gasteiger partial charge in [-0.1, -0.05) is 47.4 Å². The molecule has 0 aliphatic carbocycles. The third kappa shape index (κ3) is 5.30. The highest BCUT2D eigenvalue weighted by molar-refractivity contribution is 8.01. The summed E-state index contributed by atoms with van der Waals surface area (Å²) in [4.78, 5) is 12.0. The number of amides is 1. The van der Waals surface area contributed by atoms with Gasteiger partial charge in [0.25, 0.3) is 0 Å². The molecule has 7 heteroatoms. The van der Waals surface area contributed by atoms with Crippen LogP contribution in [0.25, 0.3) is 0 Å². The first-order chi connectivity index (χ1) is 12.1. The van der Waals surface area contributed by atoms with Crippen molar-refractivity contribution in [1.29, 1.82) is 0 Å². The number of carbonyl (C=O) groups excluding carboxylic acids is 1. The molecule has 2 N–H and O–H groups in total. The van der Waals surface area contributed by atoms with Gasteiger partial charge in [0.1, 0.15) is 0 Å². The lowest BCUT2D eigenvalue weighted by Crippen LogP contribution is -2.13. The Morgan fingerprint density at radius 1 is 1.04 bits per heavy atom. The van der Waals surface area contributed by atoms with Crippen LogP contribution in [0.3, 0.4) is 0 Å². The fraction of sp³-hybridized carbons (Fsp3) is 0.167. The van der Waals surface area contributed by atoms with Gasteiger partial charge < -0.3 is 10.6 Å². The van der Waals surface area contributed by atoms with E-state index in [-0.39, 0.29) is 5.91 Å². The molecule has 0 bridgehead atoms. The minimum atomic E-state index is -0.0565. The van der Waals surface area contributed by atoms with Crippen LogP contribution in [0.1, 0.15) is 11.1 Å². The van der Waals surface area contributed by atoms with E-state index >= 15 is 0 Å². The summed E-state index contributed by atoms with van der Waals surface area (Å²) in [6, 6.07) is 15.8. The predicted molar refractivity (Wildman–Crippen MR) is 105 cm³/mol. The number of hydrogen-bond acceptors (Lipinski definition) is 6. The Hall–Kier alpha value is -2.38. The smallest absolute Gasteiger partial charge is 0.234 e. The van der Waals surface area contributed by atoms with Gasteiger partial charge in [-0.2, -0.15) is 0 Å². The first-order valence-corrected chi connectivity index (χ1v) is 9.55. The van der Waals surface area contributed by atoms with Crippen LogP contribution in [0, 0.1) is 13.8 Å². The summed E-state index contributed by atoms with van der Waals surface area (Å²) in [7, 11) is 0. The highest BCUT2D eigenvalue weighted by Gasteiger charge is 2.09. The van der Waals surface area contributed by atoms with Crippen LogP contribution in [0.15, 0.2) is 52.9 Å². The molecule has 0 aliphatic rings. The molecule has 5 nitrogen and oxygen atoms in total. The van der Waals surface area contributed by atoms with Gasteiger partial charge in [-0.25, -0.2) is 0 Å². The van der Waals surface area contributed by atoms with E-state index in [0.717, 1.165) is 21.3 Å². The van der Waals surface area contributed by atoms with Gasteiger partial charge in [0, 0.05) is 11.4 Å². The largest absolute Gasteiger partial charge is 0.330 e. The molecule has 1 amide bonds. The van der Waals surface area contributed by atoms with Crippen molar-refractivity contribution in [2.75, 3.05) is 16.4 Å². The van der Waals surface area contributed by atoms with Crippen LogP contribution < -0.4 is 10.6 Å². The molecule has 0 spiro atoms. The zero-order chi connectivity index (χ0) is 17.6. The number of thioether (sulfide) groups is 1. The summed E-state index contributed by atoms with van der Waals surface area (Å²) in [6.07, 6.45) is 0. The molecular weight excluding hydrogens is 352 g/mol. The van der Waals surface area contributed by atoms with Crippen molar-refractivity contribution in [3.8, 4) is 0 Å². The molecule has 1 aromatic heterocycles. The zero-order valence-electron chi connectivity index (χ0n) is 13.9. The predicted octanol–water partition coefficient (Wildman–Crippen LogP) is 4.63. The van der Waals surface area contributed by atoms with E-state index in [1.807, 2.05) is 62.4 Å². The van der Waals surface area contributed by atoms with E-state index in [2.05, 4.69) is 20.8 Å². The van der Waals surface area contributed by atoms with Crippen LogP contribution in [0.2, 0.25) is 0 Å². The van der Waals surface area contributed by atoms with Gasteiger partial charge in [-0.05, 0) is 49.2 Å². The number of nitrogens with zero attached hydrogens (tertiary/aromatic N) is 2. The Kier molecular flexibility index (Phi) is 5.67. The van der Waals surface area contributed by atoms with Crippen molar-refractivity contribution < 1.29 is 4.79 Å². The van der Waals surface area contributed by atoms with Gasteiger partial charge in [0.05, 0.1) is 5.75 Å². The second-order valence-corrected chi connectivity index (χ2v) is 7.77. The molecule has 1 heterocycles. The molecule has 0 unspecified atom stereocenters. The number of rotatable bonds is 6. The molecule has 0 radical (unpaired) electrons. The maximum Gasteiger partial charge on any atom is 0.234 e. The highest BCUT2D eigenvalue weighted by Crippen LogP contribution is 2.28. The van der Waals surface area contributed by atoms with Crippen molar-refractivity contribution in [3.05, 3.63) is 59.7 Å². The summed E-state index contributed by atoms with van der Waals surface area (Å²) in [5.41, 5.74) is 4.08. The Labute approximate surface area is 154 Å².